The van der Waals surface area contributed by atoms with Crippen molar-refractivity contribution in [2.24, 2.45) is 0 Å². The van der Waals surface area contributed by atoms with E-state index >= 15 is 0 Å². The van der Waals surface area contributed by atoms with Gasteiger partial charge in [-0.3, -0.25) is 0 Å². The summed E-state index contributed by atoms with van der Waals surface area (Å²) < 4.78 is 63.8. The molecular formula is C12H19F3N2O3S. The zero-order valence-electron chi connectivity index (χ0n) is 12.1. The van der Waals surface area contributed by atoms with E-state index in [9.17, 15) is 26.7 Å². The smallest absolute Gasteiger partial charge is 0.390 e. The van der Waals surface area contributed by atoms with Crippen molar-refractivity contribution in [1.29, 1.82) is 0 Å². The SMILES string of the molecule is CCN(CC(F)(F)F)S(=O)(=O)c1cc(CO)n(C(C)C)c1. The summed E-state index contributed by atoms with van der Waals surface area (Å²) in [6.07, 6.45) is -3.35. The van der Waals surface area contributed by atoms with Crippen LogP contribution in [-0.2, 0) is 16.6 Å². The first-order valence-corrected chi connectivity index (χ1v) is 7.85. The van der Waals surface area contributed by atoms with Crippen LogP contribution in [0.2, 0.25) is 0 Å². The van der Waals surface area contributed by atoms with Gasteiger partial charge in [-0.2, -0.15) is 17.5 Å². The lowest BCUT2D eigenvalue weighted by Gasteiger charge is -2.21. The maximum atomic E-state index is 12.5. The molecule has 0 atom stereocenters. The van der Waals surface area contributed by atoms with Crippen molar-refractivity contribution in [2.45, 2.75) is 44.5 Å². The number of rotatable bonds is 6. The Kier molecular flexibility index (Phi) is 5.46. The van der Waals surface area contributed by atoms with Gasteiger partial charge in [-0.25, -0.2) is 8.42 Å². The molecule has 1 aromatic heterocycles. The maximum absolute atomic E-state index is 12.5. The van der Waals surface area contributed by atoms with Gasteiger partial charge in [0, 0.05) is 24.5 Å². The average Bonchev–Trinajstić information content (AvgIpc) is 2.79. The molecule has 1 heterocycles. The fourth-order valence-corrected chi connectivity index (χ4v) is 3.45. The molecule has 0 aliphatic rings. The summed E-state index contributed by atoms with van der Waals surface area (Å²) in [6, 6.07) is 1.09. The molecular weight excluding hydrogens is 309 g/mol. The van der Waals surface area contributed by atoms with E-state index < -0.39 is 22.7 Å². The molecule has 5 nitrogen and oxygen atoms in total. The number of aromatic nitrogens is 1. The summed E-state index contributed by atoms with van der Waals surface area (Å²) in [5.41, 5.74) is 0.339. The highest BCUT2D eigenvalue weighted by atomic mass is 32.2. The highest BCUT2D eigenvalue weighted by Gasteiger charge is 2.36. The largest absolute Gasteiger partial charge is 0.402 e. The predicted molar refractivity (Wildman–Crippen MR) is 71.2 cm³/mol. The van der Waals surface area contributed by atoms with Crippen molar-refractivity contribution in [3.63, 3.8) is 0 Å². The van der Waals surface area contributed by atoms with Crippen LogP contribution in [0.15, 0.2) is 17.2 Å². The Hall–Kier alpha value is -1.06. The molecule has 0 radical (unpaired) electrons. The Morgan fingerprint density at radius 1 is 1.38 bits per heavy atom. The molecule has 0 saturated heterocycles. The van der Waals surface area contributed by atoms with Crippen LogP contribution in [0.3, 0.4) is 0 Å². The summed E-state index contributed by atoms with van der Waals surface area (Å²) in [5.74, 6) is 0. The Labute approximate surface area is 122 Å². The monoisotopic (exact) mass is 328 g/mol. The molecule has 0 saturated carbocycles. The molecule has 1 rings (SSSR count). The van der Waals surface area contributed by atoms with Crippen LogP contribution in [0.25, 0.3) is 0 Å². The summed E-state index contributed by atoms with van der Waals surface area (Å²) in [5, 5.41) is 9.22. The van der Waals surface area contributed by atoms with Gasteiger partial charge in [0.15, 0.2) is 0 Å². The number of hydrogen-bond acceptors (Lipinski definition) is 3. The topological polar surface area (TPSA) is 62.5 Å². The van der Waals surface area contributed by atoms with Gasteiger partial charge >= 0.3 is 6.18 Å². The summed E-state index contributed by atoms with van der Waals surface area (Å²) >= 11 is 0. The van der Waals surface area contributed by atoms with Crippen molar-refractivity contribution < 1.29 is 26.7 Å². The minimum Gasteiger partial charge on any atom is -0.390 e. The first-order valence-electron chi connectivity index (χ1n) is 6.41. The second-order valence-electron chi connectivity index (χ2n) is 4.87. The van der Waals surface area contributed by atoms with Crippen LogP contribution in [0.1, 0.15) is 32.5 Å². The summed E-state index contributed by atoms with van der Waals surface area (Å²) in [4.78, 5) is -0.244. The number of halogens is 3. The van der Waals surface area contributed by atoms with Gasteiger partial charge in [0.2, 0.25) is 10.0 Å². The fourth-order valence-electron chi connectivity index (χ4n) is 1.96. The van der Waals surface area contributed by atoms with E-state index in [0.29, 0.717) is 10.00 Å². The minimum atomic E-state index is -4.61. The lowest BCUT2D eigenvalue weighted by molar-refractivity contribution is -0.135. The van der Waals surface area contributed by atoms with Crippen LogP contribution in [0, 0.1) is 0 Å². The van der Waals surface area contributed by atoms with E-state index in [-0.39, 0.29) is 24.1 Å². The van der Waals surface area contributed by atoms with Crippen LogP contribution >= 0.6 is 0 Å². The van der Waals surface area contributed by atoms with Gasteiger partial charge in [-0.15, -0.1) is 0 Å². The lowest BCUT2D eigenvalue weighted by Crippen LogP contribution is -2.38. The number of aliphatic hydroxyl groups excluding tert-OH is 1. The first kappa shape index (κ1) is 18.0. The highest BCUT2D eigenvalue weighted by Crippen LogP contribution is 2.25. The summed E-state index contributed by atoms with van der Waals surface area (Å²) in [6.45, 7) is 2.69. The van der Waals surface area contributed by atoms with Crippen LogP contribution in [0.4, 0.5) is 13.2 Å². The van der Waals surface area contributed by atoms with Gasteiger partial charge in [0.25, 0.3) is 0 Å². The Balaban J connectivity index is 3.23. The molecule has 1 N–H and O–H groups in total. The number of aliphatic hydroxyl groups is 1. The lowest BCUT2D eigenvalue weighted by atomic mass is 10.3. The van der Waals surface area contributed by atoms with Gasteiger partial charge in [-0.1, -0.05) is 6.92 Å². The molecule has 0 aliphatic heterocycles. The number of hydrogen-bond donors (Lipinski definition) is 1. The van der Waals surface area contributed by atoms with Crippen LogP contribution in [0.5, 0.6) is 0 Å². The molecule has 0 amide bonds. The van der Waals surface area contributed by atoms with Crippen molar-refractivity contribution in [3.8, 4) is 0 Å². The molecule has 0 fully saturated rings. The third kappa shape index (κ3) is 4.21. The fraction of sp³-hybridized carbons (Fsp3) is 0.667. The first-order chi connectivity index (χ1) is 9.52. The molecule has 122 valence electrons. The van der Waals surface area contributed by atoms with Crippen molar-refractivity contribution >= 4 is 10.0 Å². The van der Waals surface area contributed by atoms with Gasteiger partial charge in [0.1, 0.15) is 11.4 Å². The number of sulfonamides is 1. The maximum Gasteiger partial charge on any atom is 0.402 e. The third-order valence-electron chi connectivity index (χ3n) is 2.97. The number of nitrogens with zero attached hydrogens (tertiary/aromatic N) is 2. The highest BCUT2D eigenvalue weighted by molar-refractivity contribution is 7.89. The van der Waals surface area contributed by atoms with E-state index in [1.165, 1.54) is 23.8 Å². The zero-order valence-corrected chi connectivity index (χ0v) is 12.9. The van der Waals surface area contributed by atoms with E-state index in [0.717, 1.165) is 0 Å². The normalized spacial score (nSPS) is 13.4. The quantitative estimate of drug-likeness (QED) is 0.870. The molecule has 0 aromatic carbocycles. The van der Waals surface area contributed by atoms with Crippen molar-refractivity contribution in [2.75, 3.05) is 13.1 Å². The van der Waals surface area contributed by atoms with Crippen LogP contribution in [-0.4, -0.2) is 41.7 Å². The van der Waals surface area contributed by atoms with Crippen molar-refractivity contribution in [3.05, 3.63) is 18.0 Å². The summed E-state index contributed by atoms with van der Waals surface area (Å²) in [7, 11) is -4.25. The van der Waals surface area contributed by atoms with E-state index in [4.69, 9.17) is 0 Å². The predicted octanol–water partition coefficient (Wildman–Crippen LogP) is 2.13. The second-order valence-corrected chi connectivity index (χ2v) is 6.81. The molecule has 1 aromatic rings. The van der Waals surface area contributed by atoms with Gasteiger partial charge in [0.05, 0.1) is 6.61 Å². The van der Waals surface area contributed by atoms with E-state index in [1.54, 1.807) is 13.8 Å². The molecule has 9 heteroatoms. The van der Waals surface area contributed by atoms with Gasteiger partial charge < -0.3 is 9.67 Å². The Bertz CT molecular complexity index is 579. The van der Waals surface area contributed by atoms with Crippen molar-refractivity contribution in [1.82, 2.24) is 8.87 Å². The molecule has 0 bridgehead atoms. The minimum absolute atomic E-state index is 0.117. The average molecular weight is 328 g/mol. The van der Waals surface area contributed by atoms with Crippen LogP contribution < -0.4 is 0 Å². The van der Waals surface area contributed by atoms with E-state index in [2.05, 4.69) is 0 Å². The molecule has 21 heavy (non-hydrogen) atoms. The molecule has 0 spiro atoms. The molecule has 0 aliphatic carbocycles. The van der Waals surface area contributed by atoms with Gasteiger partial charge in [-0.05, 0) is 19.9 Å². The third-order valence-corrected chi connectivity index (χ3v) is 4.86. The Morgan fingerprint density at radius 2 is 1.95 bits per heavy atom. The molecule has 0 unspecified atom stereocenters. The zero-order chi connectivity index (χ0) is 16.4. The number of alkyl halides is 3. The second kappa shape index (κ2) is 6.37. The Morgan fingerprint density at radius 3 is 2.29 bits per heavy atom. The van der Waals surface area contributed by atoms with E-state index in [1.807, 2.05) is 0 Å². The standard InChI is InChI=1S/C12H19F3N2O3S/c1-4-16(8-12(13,14)15)21(19,20)11-5-10(7-18)17(6-11)9(2)3/h5-6,9,18H,4,7-8H2,1-3H3.